The summed E-state index contributed by atoms with van der Waals surface area (Å²) in [5, 5.41) is 2.87. The Morgan fingerprint density at radius 2 is 1.85 bits per heavy atom. The first-order valence-electron chi connectivity index (χ1n) is 8.51. The molecule has 0 bridgehead atoms. The van der Waals surface area contributed by atoms with Gasteiger partial charge < -0.3 is 19.7 Å². The number of amides is 2. The Bertz CT molecular complexity index is 790. The van der Waals surface area contributed by atoms with Crippen LogP contribution in [0, 0.1) is 0 Å². The number of nitrogens with one attached hydrogen (secondary N) is 1. The average Bonchev–Trinajstić information content (AvgIpc) is 2.71. The van der Waals surface area contributed by atoms with E-state index in [9.17, 15) is 9.59 Å². The van der Waals surface area contributed by atoms with Gasteiger partial charge >= 0.3 is 12.0 Å². The zero-order valence-corrected chi connectivity index (χ0v) is 15.6. The lowest BCUT2D eigenvalue weighted by atomic mass is 10.1. The summed E-state index contributed by atoms with van der Waals surface area (Å²) in [6.45, 7) is 4.90. The lowest BCUT2D eigenvalue weighted by Gasteiger charge is -2.22. The van der Waals surface area contributed by atoms with Crippen LogP contribution in [0.5, 0.6) is 5.75 Å². The van der Waals surface area contributed by atoms with Gasteiger partial charge in [-0.25, -0.2) is 9.59 Å². The number of ether oxygens (including phenoxy) is 2. The molecule has 0 saturated heterocycles. The number of hydrogen-bond donors (Lipinski definition) is 1. The summed E-state index contributed by atoms with van der Waals surface area (Å²) in [7, 11) is 2.80. The number of carbonyl (C=O) groups excluding carboxylic acids is 2. The summed E-state index contributed by atoms with van der Waals surface area (Å²) in [4.78, 5) is 26.1. The summed E-state index contributed by atoms with van der Waals surface area (Å²) < 4.78 is 9.95. The average molecular weight is 368 g/mol. The molecule has 0 radical (unpaired) electrons. The zero-order valence-electron chi connectivity index (χ0n) is 15.6. The molecule has 0 aromatic heterocycles. The van der Waals surface area contributed by atoms with E-state index in [4.69, 9.17) is 9.47 Å². The highest BCUT2D eigenvalue weighted by Gasteiger charge is 2.15. The monoisotopic (exact) mass is 368 g/mol. The summed E-state index contributed by atoms with van der Waals surface area (Å²) in [6, 6.07) is 14.7. The van der Waals surface area contributed by atoms with Crippen LogP contribution in [0.1, 0.15) is 21.5 Å². The molecule has 0 fully saturated rings. The van der Waals surface area contributed by atoms with E-state index >= 15 is 0 Å². The number of nitrogens with zero attached hydrogens (tertiary/aromatic N) is 1. The second-order valence-electron chi connectivity index (χ2n) is 5.84. The first-order valence-corrected chi connectivity index (χ1v) is 8.51. The van der Waals surface area contributed by atoms with Gasteiger partial charge in [-0.05, 0) is 23.3 Å². The molecule has 1 N–H and O–H groups in total. The second-order valence-corrected chi connectivity index (χ2v) is 5.84. The molecular weight excluding hydrogens is 344 g/mol. The standard InChI is InChI=1S/C21H24N2O4/c1-4-12-23(15-16-8-6-5-7-9-16)21(25)22-14-17-10-11-19(26-2)18(13-17)20(24)27-3/h4-11,13H,1,12,14-15H2,2-3H3,(H,22,25). The minimum atomic E-state index is -0.489. The van der Waals surface area contributed by atoms with Crippen LogP contribution in [0.15, 0.2) is 61.2 Å². The Morgan fingerprint density at radius 1 is 1.11 bits per heavy atom. The SMILES string of the molecule is C=CCN(Cc1ccccc1)C(=O)NCc1ccc(OC)c(C(=O)OC)c1. The quantitative estimate of drug-likeness (QED) is 0.573. The maximum absolute atomic E-state index is 12.6. The van der Waals surface area contributed by atoms with Crippen molar-refractivity contribution in [1.29, 1.82) is 0 Å². The number of esters is 1. The Hall–Kier alpha value is -3.28. The van der Waals surface area contributed by atoms with Crippen LogP contribution in [0.2, 0.25) is 0 Å². The summed E-state index contributed by atoms with van der Waals surface area (Å²) in [5.41, 5.74) is 2.12. The first-order chi connectivity index (χ1) is 13.1. The van der Waals surface area contributed by atoms with Crippen LogP contribution in [0.3, 0.4) is 0 Å². The molecule has 0 heterocycles. The molecule has 0 aliphatic rings. The number of hydrogen-bond acceptors (Lipinski definition) is 4. The van der Waals surface area contributed by atoms with Gasteiger partial charge in [0, 0.05) is 19.6 Å². The van der Waals surface area contributed by atoms with Crippen LogP contribution in [-0.4, -0.2) is 37.7 Å². The van der Waals surface area contributed by atoms with Crippen LogP contribution in [0.4, 0.5) is 4.79 Å². The van der Waals surface area contributed by atoms with Crippen LogP contribution >= 0.6 is 0 Å². The van der Waals surface area contributed by atoms with Crippen molar-refractivity contribution in [3.63, 3.8) is 0 Å². The molecule has 27 heavy (non-hydrogen) atoms. The number of benzene rings is 2. The largest absolute Gasteiger partial charge is 0.496 e. The van der Waals surface area contributed by atoms with Gasteiger partial charge in [-0.15, -0.1) is 6.58 Å². The third-order valence-electron chi connectivity index (χ3n) is 3.97. The Kier molecular flexibility index (Phi) is 7.43. The van der Waals surface area contributed by atoms with E-state index in [1.807, 2.05) is 30.3 Å². The molecule has 2 aromatic rings. The predicted octanol–water partition coefficient (Wildman–Crippen LogP) is 3.38. The van der Waals surface area contributed by atoms with Gasteiger partial charge in [-0.3, -0.25) is 0 Å². The van der Waals surface area contributed by atoms with Gasteiger partial charge in [0.25, 0.3) is 0 Å². The van der Waals surface area contributed by atoms with Gasteiger partial charge in [0.2, 0.25) is 0 Å². The van der Waals surface area contributed by atoms with E-state index < -0.39 is 5.97 Å². The van der Waals surface area contributed by atoms with E-state index in [2.05, 4.69) is 11.9 Å². The van der Waals surface area contributed by atoms with Gasteiger partial charge in [-0.2, -0.15) is 0 Å². The molecule has 2 amide bonds. The van der Waals surface area contributed by atoms with Gasteiger partial charge in [0.05, 0.1) is 14.2 Å². The molecule has 2 aromatic carbocycles. The van der Waals surface area contributed by atoms with Crippen molar-refractivity contribution < 1.29 is 19.1 Å². The molecule has 0 spiro atoms. The molecular formula is C21H24N2O4. The summed E-state index contributed by atoms with van der Waals surface area (Å²) >= 11 is 0. The highest BCUT2D eigenvalue weighted by Crippen LogP contribution is 2.20. The van der Waals surface area contributed by atoms with Gasteiger partial charge in [0.1, 0.15) is 11.3 Å². The van der Waals surface area contributed by atoms with Crippen molar-refractivity contribution in [2.24, 2.45) is 0 Å². The minimum absolute atomic E-state index is 0.214. The van der Waals surface area contributed by atoms with Crippen LogP contribution in [-0.2, 0) is 17.8 Å². The third-order valence-corrected chi connectivity index (χ3v) is 3.97. The molecule has 0 atom stereocenters. The minimum Gasteiger partial charge on any atom is -0.496 e. The number of urea groups is 1. The highest BCUT2D eigenvalue weighted by molar-refractivity contribution is 5.92. The number of carbonyl (C=O) groups is 2. The van der Waals surface area contributed by atoms with Gasteiger partial charge in [0.15, 0.2) is 0 Å². The van der Waals surface area contributed by atoms with E-state index in [0.29, 0.717) is 24.4 Å². The van der Waals surface area contributed by atoms with Crippen LogP contribution < -0.4 is 10.1 Å². The lowest BCUT2D eigenvalue weighted by molar-refractivity contribution is 0.0597. The molecule has 6 heteroatoms. The summed E-state index contributed by atoms with van der Waals surface area (Å²) in [6.07, 6.45) is 1.69. The van der Waals surface area contributed by atoms with Crippen molar-refractivity contribution in [2.75, 3.05) is 20.8 Å². The van der Waals surface area contributed by atoms with Crippen molar-refractivity contribution in [2.45, 2.75) is 13.1 Å². The van der Waals surface area contributed by atoms with E-state index in [1.54, 1.807) is 29.2 Å². The molecule has 2 rings (SSSR count). The molecule has 142 valence electrons. The van der Waals surface area contributed by atoms with Crippen molar-refractivity contribution in [3.05, 3.63) is 77.9 Å². The van der Waals surface area contributed by atoms with E-state index in [-0.39, 0.29) is 12.6 Å². The van der Waals surface area contributed by atoms with Crippen molar-refractivity contribution >= 4 is 12.0 Å². The fourth-order valence-electron chi connectivity index (χ4n) is 2.60. The fraction of sp³-hybridized carbons (Fsp3) is 0.238. The fourth-order valence-corrected chi connectivity index (χ4v) is 2.60. The Morgan fingerprint density at radius 3 is 2.48 bits per heavy atom. The summed E-state index contributed by atoms with van der Waals surface area (Å²) in [5.74, 6) is -0.0633. The Balaban J connectivity index is 2.06. The Labute approximate surface area is 159 Å². The van der Waals surface area contributed by atoms with Crippen molar-refractivity contribution in [1.82, 2.24) is 10.2 Å². The molecule has 0 saturated carbocycles. The number of methoxy groups -OCH3 is 2. The van der Waals surface area contributed by atoms with Gasteiger partial charge in [-0.1, -0.05) is 42.5 Å². The smallest absolute Gasteiger partial charge is 0.341 e. The second kappa shape index (κ2) is 10.0. The lowest BCUT2D eigenvalue weighted by Crippen LogP contribution is -2.39. The van der Waals surface area contributed by atoms with Crippen LogP contribution in [0.25, 0.3) is 0 Å². The predicted molar refractivity (Wildman–Crippen MR) is 104 cm³/mol. The zero-order chi connectivity index (χ0) is 19.6. The molecule has 0 unspecified atom stereocenters. The molecule has 0 aliphatic heterocycles. The number of rotatable bonds is 8. The third kappa shape index (κ3) is 5.60. The van der Waals surface area contributed by atoms with E-state index in [1.165, 1.54) is 14.2 Å². The maximum Gasteiger partial charge on any atom is 0.341 e. The molecule has 0 aliphatic carbocycles. The topological polar surface area (TPSA) is 67.9 Å². The van der Waals surface area contributed by atoms with Crippen molar-refractivity contribution in [3.8, 4) is 5.75 Å². The first kappa shape index (κ1) is 20.0. The highest BCUT2D eigenvalue weighted by atomic mass is 16.5. The normalized spacial score (nSPS) is 10.0. The van der Waals surface area contributed by atoms with E-state index in [0.717, 1.165) is 11.1 Å². The maximum atomic E-state index is 12.6. The molecule has 6 nitrogen and oxygen atoms in total.